The Morgan fingerprint density at radius 1 is 0.435 bits per heavy atom. The lowest BCUT2D eigenvalue weighted by atomic mass is 9.81. The van der Waals surface area contributed by atoms with Crippen molar-refractivity contribution >= 4 is 82.0 Å². The van der Waals surface area contributed by atoms with Crippen LogP contribution in [0.25, 0.3) is 58.8 Å². The number of benzene rings is 9. The molecule has 0 bridgehead atoms. The van der Waals surface area contributed by atoms with Crippen LogP contribution in [0.1, 0.15) is 47.2 Å². The fourth-order valence-corrected chi connectivity index (χ4v) is 11.7. The van der Waals surface area contributed by atoms with Crippen LogP contribution in [0.5, 0.6) is 0 Å². The molecule has 1 heterocycles. The number of hydrogen-bond acceptors (Lipinski definition) is 3. The SMILES string of the molecule is C=C1c2ccccc2-c2c1cccc2N(c1ccc2c(c1)C(C)(C)c1cc(N(c3cccc(C)c3)c3cccc4sc5ccccc5c34)c3ccccc3c1-2)c1ccccc1C. The molecule has 3 heteroatoms. The lowest BCUT2D eigenvalue weighted by molar-refractivity contribution is 0.661. The Labute approximate surface area is 367 Å². The molecule has 9 aromatic carbocycles. The first-order valence-corrected chi connectivity index (χ1v) is 22.4. The van der Waals surface area contributed by atoms with Gasteiger partial charge in [0.05, 0.1) is 17.1 Å². The molecule has 10 aromatic rings. The lowest BCUT2D eigenvalue weighted by Gasteiger charge is -2.31. The Hall–Kier alpha value is -7.20. The maximum atomic E-state index is 4.58. The molecule has 62 heavy (non-hydrogen) atoms. The quantitative estimate of drug-likeness (QED) is 0.165. The van der Waals surface area contributed by atoms with Crippen LogP contribution in [0.15, 0.2) is 189 Å². The summed E-state index contributed by atoms with van der Waals surface area (Å²) >= 11 is 1.87. The Morgan fingerprint density at radius 2 is 1.06 bits per heavy atom. The van der Waals surface area contributed by atoms with Crippen molar-refractivity contribution < 1.29 is 0 Å². The molecule has 2 aliphatic rings. The van der Waals surface area contributed by atoms with Crippen LogP contribution in [0.3, 0.4) is 0 Å². The molecule has 0 spiro atoms. The summed E-state index contributed by atoms with van der Waals surface area (Å²) in [5.74, 6) is 0. The minimum Gasteiger partial charge on any atom is -0.310 e. The second-order valence-electron chi connectivity index (χ2n) is 17.5. The summed E-state index contributed by atoms with van der Waals surface area (Å²) in [6.07, 6.45) is 0. The lowest BCUT2D eigenvalue weighted by Crippen LogP contribution is -2.18. The van der Waals surface area contributed by atoms with Crippen molar-refractivity contribution in [2.24, 2.45) is 0 Å². The van der Waals surface area contributed by atoms with Gasteiger partial charge in [0.25, 0.3) is 0 Å². The Kier molecular flexibility index (Phi) is 8.07. The summed E-state index contributed by atoms with van der Waals surface area (Å²) in [7, 11) is 0. The Morgan fingerprint density at radius 3 is 1.90 bits per heavy atom. The predicted octanol–water partition coefficient (Wildman–Crippen LogP) is 17.1. The van der Waals surface area contributed by atoms with Gasteiger partial charge in [0.2, 0.25) is 0 Å². The topological polar surface area (TPSA) is 6.48 Å². The summed E-state index contributed by atoms with van der Waals surface area (Å²) in [6.45, 7) is 13.8. The average Bonchev–Trinajstić information content (AvgIpc) is 3.90. The molecule has 1 aromatic heterocycles. The average molecular weight is 813 g/mol. The van der Waals surface area contributed by atoms with Crippen LogP contribution in [0.4, 0.5) is 34.1 Å². The maximum absolute atomic E-state index is 4.58. The van der Waals surface area contributed by atoms with E-state index in [4.69, 9.17) is 0 Å². The zero-order valence-electron chi connectivity index (χ0n) is 35.3. The van der Waals surface area contributed by atoms with Crippen LogP contribution < -0.4 is 9.80 Å². The van der Waals surface area contributed by atoms with E-state index in [1.165, 1.54) is 104 Å². The van der Waals surface area contributed by atoms with E-state index < -0.39 is 0 Å². The summed E-state index contributed by atoms with van der Waals surface area (Å²) in [4.78, 5) is 5.01. The number of rotatable bonds is 6. The molecule has 0 atom stereocenters. The Bertz CT molecular complexity index is 3510. The van der Waals surface area contributed by atoms with Crippen LogP contribution in [0.2, 0.25) is 0 Å². The number of aryl methyl sites for hydroxylation is 2. The summed E-state index contributed by atoms with van der Waals surface area (Å²) in [5.41, 5.74) is 20.4. The smallest absolute Gasteiger partial charge is 0.0555 e. The van der Waals surface area contributed by atoms with E-state index in [0.717, 1.165) is 22.6 Å². The van der Waals surface area contributed by atoms with Crippen molar-refractivity contribution in [3.05, 3.63) is 222 Å². The van der Waals surface area contributed by atoms with E-state index in [0.29, 0.717) is 0 Å². The minimum absolute atomic E-state index is 0.310. The fourth-order valence-electron chi connectivity index (χ4n) is 10.6. The highest BCUT2D eigenvalue weighted by molar-refractivity contribution is 7.26. The van der Waals surface area contributed by atoms with E-state index >= 15 is 0 Å². The summed E-state index contributed by atoms with van der Waals surface area (Å²) in [5, 5.41) is 5.09. The van der Waals surface area contributed by atoms with Crippen LogP contribution in [-0.2, 0) is 5.41 Å². The highest BCUT2D eigenvalue weighted by Crippen LogP contribution is 2.58. The zero-order chi connectivity index (χ0) is 41.9. The standard InChI is InChI=1S/C59H44N2S/c1-36-17-14-19-39(33-36)61(52-28-16-30-55-58(52)47-24-11-13-29-54(47)62-55)53-35-49-56(45-23-10-8-21-43(45)53)46-32-31-40(34-48(46)59(49,4)5)60(50-26-12-6-18-37(50)2)51-27-15-25-42-38(3)41-20-7-9-22-44(41)57(42)51/h6-35H,3H2,1-2,4-5H3. The number of nitrogens with zero attached hydrogens (tertiary/aromatic N) is 2. The van der Waals surface area contributed by atoms with Gasteiger partial charge in [-0.1, -0.05) is 142 Å². The monoisotopic (exact) mass is 812 g/mol. The van der Waals surface area contributed by atoms with Gasteiger partial charge in [-0.3, -0.25) is 0 Å². The molecule has 296 valence electrons. The predicted molar refractivity (Wildman–Crippen MR) is 267 cm³/mol. The molecule has 2 nitrogen and oxygen atoms in total. The van der Waals surface area contributed by atoms with Crippen molar-refractivity contribution in [3.63, 3.8) is 0 Å². The molecule has 0 saturated carbocycles. The molecule has 2 aliphatic carbocycles. The van der Waals surface area contributed by atoms with Crippen molar-refractivity contribution in [3.8, 4) is 22.3 Å². The summed E-state index contributed by atoms with van der Waals surface area (Å²) < 4.78 is 2.60. The molecule has 0 unspecified atom stereocenters. The molecule has 0 fully saturated rings. The van der Waals surface area contributed by atoms with E-state index in [2.05, 4.69) is 226 Å². The van der Waals surface area contributed by atoms with Crippen molar-refractivity contribution in [2.75, 3.05) is 9.80 Å². The van der Waals surface area contributed by atoms with E-state index in [-0.39, 0.29) is 5.41 Å². The van der Waals surface area contributed by atoms with E-state index in [1.54, 1.807) is 0 Å². The number of hydrogen-bond donors (Lipinski definition) is 0. The van der Waals surface area contributed by atoms with Gasteiger partial charge in [0.15, 0.2) is 0 Å². The van der Waals surface area contributed by atoms with Gasteiger partial charge in [-0.25, -0.2) is 0 Å². The van der Waals surface area contributed by atoms with E-state index in [9.17, 15) is 0 Å². The molecule has 0 radical (unpaired) electrons. The number of fused-ring (bicyclic) bond motifs is 11. The van der Waals surface area contributed by atoms with Gasteiger partial charge >= 0.3 is 0 Å². The fraction of sp³-hybridized carbons (Fsp3) is 0.0847. The third kappa shape index (κ3) is 5.28. The highest BCUT2D eigenvalue weighted by atomic mass is 32.1. The van der Waals surface area contributed by atoms with Crippen LogP contribution in [-0.4, -0.2) is 0 Å². The Balaban J connectivity index is 1.09. The van der Waals surface area contributed by atoms with Gasteiger partial charge in [-0.2, -0.15) is 0 Å². The van der Waals surface area contributed by atoms with Crippen molar-refractivity contribution in [1.82, 2.24) is 0 Å². The molecule has 0 aliphatic heterocycles. The third-order valence-electron chi connectivity index (χ3n) is 13.5. The van der Waals surface area contributed by atoms with Crippen molar-refractivity contribution in [1.29, 1.82) is 0 Å². The van der Waals surface area contributed by atoms with Crippen LogP contribution in [0, 0.1) is 13.8 Å². The number of thiophene rings is 1. The highest BCUT2D eigenvalue weighted by Gasteiger charge is 2.39. The summed E-state index contributed by atoms with van der Waals surface area (Å²) in [6, 6.07) is 67.6. The molecule has 0 saturated heterocycles. The van der Waals surface area contributed by atoms with Crippen LogP contribution >= 0.6 is 11.3 Å². The molecular weight excluding hydrogens is 769 g/mol. The molecule has 0 amide bonds. The van der Waals surface area contributed by atoms with Gasteiger partial charge in [0, 0.05) is 53.6 Å². The van der Waals surface area contributed by atoms with Gasteiger partial charge < -0.3 is 9.80 Å². The third-order valence-corrected chi connectivity index (χ3v) is 14.6. The van der Waals surface area contributed by atoms with Gasteiger partial charge in [0.1, 0.15) is 0 Å². The first kappa shape index (κ1) is 36.6. The zero-order valence-corrected chi connectivity index (χ0v) is 36.1. The molecular formula is C59H44N2S. The molecule has 12 rings (SSSR count). The minimum atomic E-state index is -0.310. The number of para-hydroxylation sites is 1. The first-order chi connectivity index (χ1) is 30.3. The van der Waals surface area contributed by atoms with Crippen molar-refractivity contribution in [2.45, 2.75) is 33.1 Å². The first-order valence-electron chi connectivity index (χ1n) is 21.5. The number of anilines is 6. The van der Waals surface area contributed by atoms with Gasteiger partial charge in [-0.05, 0) is 136 Å². The second-order valence-corrected chi connectivity index (χ2v) is 18.6. The second kappa shape index (κ2) is 13.7. The maximum Gasteiger partial charge on any atom is 0.0555 e. The van der Waals surface area contributed by atoms with Gasteiger partial charge in [-0.15, -0.1) is 11.3 Å². The molecule has 0 N–H and O–H groups in total. The largest absolute Gasteiger partial charge is 0.310 e. The normalized spacial score (nSPS) is 13.3. The van der Waals surface area contributed by atoms with E-state index in [1.807, 2.05) is 11.3 Å².